The number of aromatic nitrogens is 3. The first-order valence-electron chi connectivity index (χ1n) is 22.5. The number of Topliss-reactive ketones (excluding diaryl/α,β-unsaturated/α-hetero) is 1. The minimum absolute atomic E-state index is 0.0230. The number of pyridine rings is 1. The first kappa shape index (κ1) is 50.4. The van der Waals surface area contributed by atoms with Crippen molar-refractivity contribution in [3.8, 4) is 0 Å². The van der Waals surface area contributed by atoms with Crippen LogP contribution in [0.15, 0.2) is 48.5 Å². The summed E-state index contributed by atoms with van der Waals surface area (Å²) in [6.45, 7) is 8.33. The zero-order valence-corrected chi connectivity index (χ0v) is 38.0. The van der Waals surface area contributed by atoms with Gasteiger partial charge in [0.05, 0.1) is 36.8 Å². The van der Waals surface area contributed by atoms with Gasteiger partial charge in [-0.15, -0.1) is 0 Å². The molecule has 1 aliphatic rings. The molecule has 5 rings (SSSR count). The van der Waals surface area contributed by atoms with Crippen molar-refractivity contribution in [2.45, 2.75) is 78.5 Å². The molecule has 3 heterocycles. The zero-order valence-electron chi connectivity index (χ0n) is 38.0. The van der Waals surface area contributed by atoms with Gasteiger partial charge < -0.3 is 61.8 Å². The smallest absolute Gasteiger partial charge is 0.410 e. The lowest BCUT2D eigenvalue weighted by Gasteiger charge is -2.34. The van der Waals surface area contributed by atoms with Crippen molar-refractivity contribution in [3.63, 3.8) is 0 Å². The number of piperazine rings is 1. The highest BCUT2D eigenvalue weighted by Crippen LogP contribution is 2.29. The van der Waals surface area contributed by atoms with Crippen LogP contribution in [0.3, 0.4) is 0 Å². The lowest BCUT2D eigenvalue weighted by atomic mass is 9.89. The molecule has 2 atom stereocenters. The minimum atomic E-state index is -0.884. The maximum Gasteiger partial charge on any atom is 0.410 e. The van der Waals surface area contributed by atoms with Crippen molar-refractivity contribution in [1.29, 1.82) is 0 Å². The Kier molecular flexibility index (Phi) is 19.3. The van der Waals surface area contributed by atoms with Gasteiger partial charge in [0.2, 0.25) is 11.8 Å². The molecule has 10 N–H and O–H groups in total. The number of hydrogen-bond donors (Lipinski definition) is 8. The summed E-state index contributed by atoms with van der Waals surface area (Å²) in [7, 11) is 0. The maximum atomic E-state index is 13.4. The Bertz CT molecular complexity index is 2280. The standard InChI is InChI=1S/C45H64N12O9/c1-4-5-12-36-53-39-40(33-10-6-7-11-34(33)52-41(39)46)57(36)23-25-65-24-18-49-44(62)55-19-21-56(22-20-55)45(63)66-28-30-13-15-32(16-14-30)51-42(60)31(9-8-17-48-43(47)61)26-35(58)38(29(2)3)54-37(59)27-50-64/h6-7,10-11,13-16,29,31,38,50,64H,4-5,8-9,12,17-28H2,1-3H3,(H2,46,52)(H,49,62)(H,51,60)(H,54,59)(H3,47,48,61)/t31-,38+/m0/s1. The van der Waals surface area contributed by atoms with E-state index in [1.54, 1.807) is 53.4 Å². The molecule has 1 fully saturated rings. The number of hydroxylamine groups is 1. The monoisotopic (exact) mass is 916 g/mol. The molecule has 4 aromatic rings. The van der Waals surface area contributed by atoms with E-state index in [2.05, 4.69) is 37.7 Å². The zero-order chi connectivity index (χ0) is 47.6. The topological polar surface area (TPSA) is 290 Å². The summed E-state index contributed by atoms with van der Waals surface area (Å²) in [5.41, 5.74) is 16.8. The van der Waals surface area contributed by atoms with Crippen LogP contribution in [0.4, 0.5) is 25.9 Å². The van der Waals surface area contributed by atoms with E-state index in [1.807, 2.05) is 24.3 Å². The molecule has 21 heteroatoms. The van der Waals surface area contributed by atoms with Gasteiger partial charge in [0.15, 0.2) is 11.6 Å². The van der Waals surface area contributed by atoms with Crippen molar-refractivity contribution in [1.82, 2.24) is 45.8 Å². The molecule has 2 aromatic carbocycles. The fraction of sp³-hybridized carbons (Fsp3) is 0.511. The van der Waals surface area contributed by atoms with E-state index >= 15 is 0 Å². The second-order valence-electron chi connectivity index (χ2n) is 16.5. The average Bonchev–Trinajstić information content (AvgIpc) is 3.67. The number of para-hydroxylation sites is 1. The molecule has 0 saturated carbocycles. The number of nitrogens with two attached hydrogens (primary N) is 2. The summed E-state index contributed by atoms with van der Waals surface area (Å²) < 4.78 is 13.7. The summed E-state index contributed by atoms with van der Waals surface area (Å²) in [4.78, 5) is 88.5. The largest absolute Gasteiger partial charge is 0.445 e. The number of carbonyl (C=O) groups excluding carboxylic acids is 6. The highest BCUT2D eigenvalue weighted by atomic mass is 16.6. The number of hydrogen-bond acceptors (Lipinski definition) is 13. The summed E-state index contributed by atoms with van der Waals surface area (Å²) in [5.74, 6) is -1.09. The van der Waals surface area contributed by atoms with Gasteiger partial charge in [0.1, 0.15) is 17.9 Å². The molecule has 0 unspecified atom stereocenters. The van der Waals surface area contributed by atoms with E-state index < -0.39 is 42.4 Å². The number of urea groups is 2. The normalized spacial score (nSPS) is 13.7. The molecule has 0 aliphatic carbocycles. The molecule has 21 nitrogen and oxygen atoms in total. The third kappa shape index (κ3) is 14.5. The van der Waals surface area contributed by atoms with Gasteiger partial charge in [0, 0.05) is 75.6 Å². The maximum absolute atomic E-state index is 13.4. The Morgan fingerprint density at radius 3 is 2.32 bits per heavy atom. The van der Waals surface area contributed by atoms with E-state index in [1.165, 1.54) is 0 Å². The second-order valence-corrected chi connectivity index (χ2v) is 16.5. The number of benzene rings is 2. The lowest BCUT2D eigenvalue weighted by Crippen LogP contribution is -2.53. The number of ketones is 1. The van der Waals surface area contributed by atoms with Crippen LogP contribution in [0.1, 0.15) is 64.3 Å². The van der Waals surface area contributed by atoms with Crippen LogP contribution in [-0.2, 0) is 43.4 Å². The number of primary amides is 1. The number of unbranched alkanes of at least 4 members (excludes halogenated alkanes) is 1. The molecular weight excluding hydrogens is 853 g/mol. The quantitative estimate of drug-likeness (QED) is 0.0371. The summed E-state index contributed by atoms with van der Waals surface area (Å²) in [6, 6.07) is 12.7. The first-order chi connectivity index (χ1) is 31.8. The number of imidazole rings is 1. The number of anilines is 2. The molecule has 7 amide bonds. The minimum Gasteiger partial charge on any atom is -0.445 e. The first-order valence-corrected chi connectivity index (χ1v) is 22.5. The third-order valence-electron chi connectivity index (χ3n) is 11.3. The Labute approximate surface area is 383 Å². The van der Waals surface area contributed by atoms with Crippen LogP contribution in [0, 0.1) is 11.8 Å². The lowest BCUT2D eigenvalue weighted by molar-refractivity contribution is -0.131. The van der Waals surface area contributed by atoms with Crippen LogP contribution in [0.2, 0.25) is 0 Å². The number of rotatable bonds is 24. The molecular formula is C45H64N12O9. The molecule has 2 aromatic heterocycles. The average molecular weight is 917 g/mol. The van der Waals surface area contributed by atoms with Gasteiger partial charge in [0.25, 0.3) is 0 Å². The van der Waals surface area contributed by atoms with Crippen LogP contribution in [0.25, 0.3) is 21.9 Å². The fourth-order valence-electron chi connectivity index (χ4n) is 7.70. The highest BCUT2D eigenvalue weighted by Gasteiger charge is 2.30. The van der Waals surface area contributed by atoms with E-state index in [4.69, 9.17) is 31.1 Å². The third-order valence-corrected chi connectivity index (χ3v) is 11.3. The number of carbonyl (C=O) groups is 6. The fourth-order valence-corrected chi connectivity index (χ4v) is 7.70. The number of nitrogen functional groups attached to an aromatic ring is 1. The predicted molar refractivity (Wildman–Crippen MR) is 247 cm³/mol. The summed E-state index contributed by atoms with van der Waals surface area (Å²) in [5, 5.41) is 20.6. The second kappa shape index (κ2) is 25.2. The summed E-state index contributed by atoms with van der Waals surface area (Å²) in [6.07, 6.45) is 2.75. The van der Waals surface area contributed by atoms with Gasteiger partial charge in [-0.25, -0.2) is 24.4 Å². The molecule has 0 bridgehead atoms. The van der Waals surface area contributed by atoms with E-state index in [0.717, 1.165) is 41.5 Å². The van der Waals surface area contributed by atoms with Crippen LogP contribution in [0.5, 0.6) is 0 Å². The van der Waals surface area contributed by atoms with Gasteiger partial charge >= 0.3 is 18.2 Å². The number of ether oxygens (including phenoxy) is 2. The SMILES string of the molecule is CCCCc1nc2c(N)nc3ccccc3c2n1CCOCCNC(=O)N1CCN(C(=O)OCc2ccc(NC(=O)[C@@H](CCCNC(N)=O)CC(=O)[C@H](NC(=O)CNO)C(C)C)cc2)CC1. The number of fused-ring (bicyclic) bond motifs is 3. The Hall–Kier alpha value is -6.58. The van der Waals surface area contributed by atoms with Crippen molar-refractivity contribution in [2.24, 2.45) is 17.6 Å². The predicted octanol–water partition coefficient (Wildman–Crippen LogP) is 3.27. The van der Waals surface area contributed by atoms with Crippen molar-refractivity contribution >= 4 is 69.2 Å². The van der Waals surface area contributed by atoms with Crippen LogP contribution >= 0.6 is 0 Å². The van der Waals surface area contributed by atoms with Crippen molar-refractivity contribution in [2.75, 3.05) is 70.1 Å². The Morgan fingerprint density at radius 1 is 0.894 bits per heavy atom. The van der Waals surface area contributed by atoms with Gasteiger partial charge in [-0.1, -0.05) is 57.5 Å². The number of amides is 7. The number of aryl methyl sites for hydroxylation is 1. The molecule has 358 valence electrons. The van der Waals surface area contributed by atoms with Crippen LogP contribution in [-0.4, -0.2) is 130 Å². The molecule has 0 spiro atoms. The van der Waals surface area contributed by atoms with Gasteiger partial charge in [-0.3, -0.25) is 14.4 Å². The van der Waals surface area contributed by atoms with Crippen molar-refractivity contribution < 1.29 is 43.4 Å². The molecule has 1 saturated heterocycles. The molecule has 0 radical (unpaired) electrons. The van der Waals surface area contributed by atoms with E-state index in [9.17, 15) is 28.8 Å². The number of nitrogens with zero attached hydrogens (tertiary/aromatic N) is 5. The van der Waals surface area contributed by atoms with Gasteiger partial charge in [-0.2, -0.15) is 5.48 Å². The van der Waals surface area contributed by atoms with E-state index in [-0.39, 0.29) is 43.7 Å². The molecule has 66 heavy (non-hydrogen) atoms. The Morgan fingerprint density at radius 2 is 1.62 bits per heavy atom. The number of nitrogens with one attached hydrogen (secondary N) is 5. The Balaban J connectivity index is 1.02. The summed E-state index contributed by atoms with van der Waals surface area (Å²) >= 11 is 0. The van der Waals surface area contributed by atoms with E-state index in [0.29, 0.717) is 81.5 Å². The van der Waals surface area contributed by atoms with Crippen molar-refractivity contribution in [3.05, 3.63) is 59.9 Å². The molecule has 1 aliphatic heterocycles. The van der Waals surface area contributed by atoms with Gasteiger partial charge in [-0.05, 0) is 48.9 Å². The van der Waals surface area contributed by atoms with Crippen LogP contribution < -0.4 is 38.2 Å². The highest BCUT2D eigenvalue weighted by molar-refractivity contribution is 6.06.